The third kappa shape index (κ3) is 3.29. The van der Waals surface area contributed by atoms with E-state index in [1.165, 1.54) is 0 Å². The minimum atomic E-state index is -0.160. The Morgan fingerprint density at radius 3 is 2.61 bits per heavy atom. The van der Waals surface area contributed by atoms with E-state index in [-0.39, 0.29) is 5.91 Å². The van der Waals surface area contributed by atoms with Crippen molar-refractivity contribution in [3.63, 3.8) is 0 Å². The minimum absolute atomic E-state index is 0.160. The molecular weight excluding hydrogens is 288 g/mol. The van der Waals surface area contributed by atoms with Crippen LogP contribution >= 0.6 is 0 Å². The van der Waals surface area contributed by atoms with Gasteiger partial charge in [0, 0.05) is 11.9 Å². The van der Waals surface area contributed by atoms with Crippen LogP contribution in [0.25, 0.3) is 0 Å². The second-order valence-electron chi connectivity index (χ2n) is 5.38. The van der Waals surface area contributed by atoms with E-state index in [4.69, 9.17) is 0 Å². The summed E-state index contributed by atoms with van der Waals surface area (Å²) < 4.78 is 1.86. The first-order chi connectivity index (χ1) is 11.1. The molecule has 0 saturated heterocycles. The molecule has 0 spiro atoms. The van der Waals surface area contributed by atoms with Gasteiger partial charge in [0.25, 0.3) is 5.91 Å². The average molecular weight is 306 g/mol. The summed E-state index contributed by atoms with van der Waals surface area (Å²) in [6.45, 7) is 4.42. The fourth-order valence-electron chi connectivity index (χ4n) is 2.57. The number of nitrogens with one attached hydrogen (secondary N) is 1. The molecule has 0 radical (unpaired) electrons. The Labute approximate surface area is 135 Å². The zero-order chi connectivity index (χ0) is 16.2. The van der Waals surface area contributed by atoms with Crippen molar-refractivity contribution < 1.29 is 4.79 Å². The Kier molecular flexibility index (Phi) is 4.19. The fraction of sp³-hybridized carbons (Fsp3) is 0.167. The molecule has 0 aliphatic heterocycles. The predicted molar refractivity (Wildman–Crippen MR) is 89.4 cm³/mol. The topological polar surface area (TPSA) is 59.8 Å². The van der Waals surface area contributed by atoms with Crippen LogP contribution in [0.3, 0.4) is 0 Å². The molecule has 0 unspecified atom stereocenters. The van der Waals surface area contributed by atoms with Gasteiger partial charge >= 0.3 is 0 Å². The van der Waals surface area contributed by atoms with E-state index < -0.39 is 0 Å². The number of rotatable bonds is 4. The van der Waals surface area contributed by atoms with Crippen molar-refractivity contribution in [2.24, 2.45) is 0 Å². The monoisotopic (exact) mass is 306 g/mol. The van der Waals surface area contributed by atoms with E-state index in [2.05, 4.69) is 15.4 Å². The lowest BCUT2D eigenvalue weighted by atomic mass is 10.1. The van der Waals surface area contributed by atoms with Crippen LogP contribution < -0.4 is 5.32 Å². The van der Waals surface area contributed by atoms with Gasteiger partial charge in [0.05, 0.1) is 29.7 Å². The quantitative estimate of drug-likeness (QED) is 0.805. The van der Waals surface area contributed by atoms with Crippen molar-refractivity contribution >= 4 is 11.6 Å². The van der Waals surface area contributed by atoms with E-state index in [9.17, 15) is 4.79 Å². The van der Waals surface area contributed by atoms with Crippen molar-refractivity contribution in [3.8, 4) is 0 Å². The van der Waals surface area contributed by atoms with Crippen LogP contribution in [0.4, 0.5) is 5.69 Å². The molecule has 0 saturated carbocycles. The highest BCUT2D eigenvalue weighted by Gasteiger charge is 2.18. The van der Waals surface area contributed by atoms with Crippen molar-refractivity contribution in [1.29, 1.82) is 0 Å². The van der Waals surface area contributed by atoms with Crippen molar-refractivity contribution in [1.82, 2.24) is 14.8 Å². The molecule has 0 atom stereocenters. The summed E-state index contributed by atoms with van der Waals surface area (Å²) in [5, 5.41) is 7.37. The summed E-state index contributed by atoms with van der Waals surface area (Å²) in [5.74, 6) is -0.160. The molecular formula is C18H18N4O. The average Bonchev–Trinajstić information content (AvgIpc) is 2.83. The molecule has 116 valence electrons. The first kappa shape index (κ1) is 15.0. The molecule has 0 aliphatic rings. The highest BCUT2D eigenvalue weighted by atomic mass is 16.1. The maximum atomic E-state index is 12.5. The molecule has 0 aliphatic carbocycles. The highest BCUT2D eigenvalue weighted by molar-refractivity contribution is 6.05. The predicted octanol–water partition coefficient (Wildman–Crippen LogP) is 3.20. The standard InChI is InChI=1S/C18H18N4O/c1-13-17(18(23)20-16-9-6-10-19-11-16)14(2)22(21-13)12-15-7-4-3-5-8-15/h3-11H,12H2,1-2H3,(H,20,23). The largest absolute Gasteiger partial charge is 0.320 e. The molecule has 1 amide bonds. The van der Waals surface area contributed by atoms with Crippen LogP contribution in [-0.4, -0.2) is 20.7 Å². The Balaban J connectivity index is 1.84. The van der Waals surface area contributed by atoms with Crippen LogP contribution in [0.5, 0.6) is 0 Å². The second kappa shape index (κ2) is 6.44. The number of hydrogen-bond acceptors (Lipinski definition) is 3. The van der Waals surface area contributed by atoms with Crippen LogP contribution in [0.2, 0.25) is 0 Å². The number of nitrogens with zero attached hydrogens (tertiary/aromatic N) is 3. The number of carbonyl (C=O) groups excluding carboxylic acids is 1. The molecule has 1 N–H and O–H groups in total. The van der Waals surface area contributed by atoms with Gasteiger partial charge in [0.15, 0.2) is 0 Å². The molecule has 23 heavy (non-hydrogen) atoms. The maximum Gasteiger partial charge on any atom is 0.259 e. The van der Waals surface area contributed by atoms with E-state index in [0.29, 0.717) is 17.8 Å². The lowest BCUT2D eigenvalue weighted by Gasteiger charge is -2.07. The van der Waals surface area contributed by atoms with Gasteiger partial charge in [-0.1, -0.05) is 30.3 Å². The van der Waals surface area contributed by atoms with Crippen molar-refractivity contribution in [2.75, 3.05) is 5.32 Å². The number of carbonyl (C=O) groups is 1. The summed E-state index contributed by atoms with van der Waals surface area (Å²) >= 11 is 0. The Morgan fingerprint density at radius 1 is 1.13 bits per heavy atom. The molecule has 1 aromatic carbocycles. The van der Waals surface area contributed by atoms with E-state index >= 15 is 0 Å². The SMILES string of the molecule is Cc1nn(Cc2ccccc2)c(C)c1C(=O)Nc1cccnc1. The van der Waals surface area contributed by atoms with Crippen molar-refractivity contribution in [2.45, 2.75) is 20.4 Å². The fourth-order valence-corrected chi connectivity index (χ4v) is 2.57. The number of anilines is 1. The number of benzene rings is 1. The number of hydrogen-bond donors (Lipinski definition) is 1. The molecule has 3 aromatic rings. The zero-order valence-corrected chi connectivity index (χ0v) is 13.2. The molecule has 3 rings (SSSR count). The third-order valence-electron chi connectivity index (χ3n) is 3.70. The maximum absolute atomic E-state index is 12.5. The first-order valence-corrected chi connectivity index (χ1v) is 7.44. The van der Waals surface area contributed by atoms with Gasteiger partial charge in [-0.05, 0) is 31.5 Å². The second-order valence-corrected chi connectivity index (χ2v) is 5.38. The molecule has 2 aromatic heterocycles. The van der Waals surface area contributed by atoms with E-state index in [1.807, 2.05) is 54.9 Å². The summed E-state index contributed by atoms with van der Waals surface area (Å²) in [6, 6.07) is 13.7. The smallest absolute Gasteiger partial charge is 0.259 e. The van der Waals surface area contributed by atoms with Crippen LogP contribution in [0.15, 0.2) is 54.9 Å². The molecule has 5 heteroatoms. The van der Waals surface area contributed by atoms with Gasteiger partial charge in [0.2, 0.25) is 0 Å². The first-order valence-electron chi connectivity index (χ1n) is 7.44. The number of aromatic nitrogens is 3. The number of pyridine rings is 1. The summed E-state index contributed by atoms with van der Waals surface area (Å²) in [4.78, 5) is 16.5. The van der Waals surface area contributed by atoms with Gasteiger partial charge in [-0.2, -0.15) is 5.10 Å². The molecule has 0 bridgehead atoms. The zero-order valence-electron chi connectivity index (χ0n) is 13.2. The van der Waals surface area contributed by atoms with Crippen molar-refractivity contribution in [3.05, 3.63) is 77.4 Å². The summed E-state index contributed by atoms with van der Waals surface area (Å²) in [6.07, 6.45) is 3.29. The van der Waals surface area contributed by atoms with Gasteiger partial charge in [-0.25, -0.2) is 0 Å². The summed E-state index contributed by atoms with van der Waals surface area (Å²) in [5.41, 5.74) is 4.02. The lowest BCUT2D eigenvalue weighted by Crippen LogP contribution is -2.14. The van der Waals surface area contributed by atoms with Gasteiger partial charge in [0.1, 0.15) is 0 Å². The summed E-state index contributed by atoms with van der Waals surface area (Å²) in [7, 11) is 0. The van der Waals surface area contributed by atoms with Crippen LogP contribution in [0, 0.1) is 13.8 Å². The highest BCUT2D eigenvalue weighted by Crippen LogP contribution is 2.17. The Bertz CT molecular complexity index is 810. The minimum Gasteiger partial charge on any atom is -0.320 e. The van der Waals surface area contributed by atoms with Crippen LogP contribution in [-0.2, 0) is 6.54 Å². The van der Waals surface area contributed by atoms with E-state index in [1.54, 1.807) is 18.5 Å². The molecule has 2 heterocycles. The molecule has 5 nitrogen and oxygen atoms in total. The van der Waals surface area contributed by atoms with Gasteiger partial charge in [-0.3, -0.25) is 14.5 Å². The Hall–Kier alpha value is -2.95. The lowest BCUT2D eigenvalue weighted by molar-refractivity contribution is 0.102. The molecule has 0 fully saturated rings. The Morgan fingerprint density at radius 2 is 1.91 bits per heavy atom. The normalized spacial score (nSPS) is 10.5. The number of amides is 1. The van der Waals surface area contributed by atoms with Crippen LogP contribution in [0.1, 0.15) is 27.3 Å². The van der Waals surface area contributed by atoms with Gasteiger partial charge < -0.3 is 5.32 Å². The van der Waals surface area contributed by atoms with E-state index in [0.717, 1.165) is 17.0 Å². The third-order valence-corrected chi connectivity index (χ3v) is 3.70. The van der Waals surface area contributed by atoms with Gasteiger partial charge in [-0.15, -0.1) is 0 Å². The number of aryl methyl sites for hydroxylation is 1.